The number of amides is 1. The summed E-state index contributed by atoms with van der Waals surface area (Å²) in [5.74, 6) is -0.468. The van der Waals surface area contributed by atoms with E-state index >= 15 is 0 Å². The summed E-state index contributed by atoms with van der Waals surface area (Å²) in [6.45, 7) is 0. The molecular weight excluding hydrogens is 254 g/mol. The lowest BCUT2D eigenvalue weighted by molar-refractivity contribution is 0.100. The zero-order valence-electron chi connectivity index (χ0n) is 10.5. The molecule has 20 heavy (non-hydrogen) atoms. The van der Waals surface area contributed by atoms with E-state index in [0.717, 1.165) is 11.1 Å². The lowest BCUT2D eigenvalue weighted by atomic mass is 10.0. The molecule has 0 bridgehead atoms. The zero-order chi connectivity index (χ0) is 14.1. The molecule has 5 nitrogen and oxygen atoms in total. The van der Waals surface area contributed by atoms with Crippen LogP contribution in [0.1, 0.15) is 10.4 Å². The molecule has 0 saturated carbocycles. The van der Waals surface area contributed by atoms with Gasteiger partial charge in [-0.2, -0.15) is 0 Å². The van der Waals surface area contributed by atoms with E-state index in [0.29, 0.717) is 16.5 Å². The van der Waals surface area contributed by atoms with Crippen molar-refractivity contribution in [3.8, 4) is 11.1 Å². The molecule has 1 heterocycles. The van der Waals surface area contributed by atoms with E-state index in [1.165, 1.54) is 6.33 Å². The highest BCUT2D eigenvalue weighted by Crippen LogP contribution is 2.25. The minimum Gasteiger partial charge on any atom is -0.366 e. The van der Waals surface area contributed by atoms with Gasteiger partial charge >= 0.3 is 0 Å². The van der Waals surface area contributed by atoms with Crippen molar-refractivity contribution in [3.63, 3.8) is 0 Å². The Morgan fingerprint density at radius 2 is 1.85 bits per heavy atom. The number of hydrogen-bond acceptors (Lipinski definition) is 3. The number of nitrogens with one attached hydrogen (secondary N) is 1. The molecule has 3 rings (SSSR count). The van der Waals surface area contributed by atoms with Crippen LogP contribution in [0, 0.1) is 0 Å². The summed E-state index contributed by atoms with van der Waals surface area (Å²) in [7, 11) is 0. The smallest absolute Gasteiger partial charge is 0.258 e. The topological polar surface area (TPSA) is 88.8 Å². The second kappa shape index (κ2) is 4.62. The fraction of sp³-hybridized carbons (Fsp3) is 0. The van der Waals surface area contributed by atoms with E-state index in [9.17, 15) is 9.59 Å². The number of hydrogen-bond donors (Lipinski definition) is 2. The Morgan fingerprint density at radius 3 is 2.55 bits per heavy atom. The first-order chi connectivity index (χ1) is 9.66. The molecule has 0 unspecified atom stereocenters. The van der Waals surface area contributed by atoms with Crippen LogP contribution in [0.15, 0.2) is 53.6 Å². The fourth-order valence-electron chi connectivity index (χ4n) is 2.15. The van der Waals surface area contributed by atoms with Crippen LogP contribution in [0.5, 0.6) is 0 Å². The number of H-pyrrole nitrogens is 1. The number of nitrogens with two attached hydrogens (primary N) is 1. The number of aromatic nitrogens is 2. The third kappa shape index (κ3) is 1.95. The van der Waals surface area contributed by atoms with Gasteiger partial charge in [0.25, 0.3) is 5.56 Å². The van der Waals surface area contributed by atoms with Crippen LogP contribution in [0.2, 0.25) is 0 Å². The SMILES string of the molecule is NC(=O)c1ccc(-c2cccc3c(=O)[nH]cnc23)cc1. The van der Waals surface area contributed by atoms with Crippen molar-refractivity contribution >= 4 is 16.8 Å². The zero-order valence-corrected chi connectivity index (χ0v) is 10.5. The molecule has 0 aliphatic heterocycles. The summed E-state index contributed by atoms with van der Waals surface area (Å²) in [5, 5.41) is 0.531. The van der Waals surface area contributed by atoms with Crippen LogP contribution in [-0.2, 0) is 0 Å². The molecule has 2 aromatic carbocycles. The molecule has 3 aromatic rings. The Kier molecular flexibility index (Phi) is 2.80. The van der Waals surface area contributed by atoms with Crippen LogP contribution < -0.4 is 11.3 Å². The summed E-state index contributed by atoms with van der Waals surface area (Å²) in [4.78, 5) is 29.6. The van der Waals surface area contributed by atoms with E-state index in [2.05, 4.69) is 9.97 Å². The van der Waals surface area contributed by atoms with Crippen LogP contribution in [0.3, 0.4) is 0 Å². The Hall–Kier alpha value is -2.95. The number of primary amides is 1. The van der Waals surface area contributed by atoms with Gasteiger partial charge < -0.3 is 10.7 Å². The van der Waals surface area contributed by atoms with Crippen molar-refractivity contribution in [2.75, 3.05) is 0 Å². The lowest BCUT2D eigenvalue weighted by Crippen LogP contribution is -2.10. The average Bonchev–Trinajstić information content (AvgIpc) is 2.47. The van der Waals surface area contributed by atoms with Crippen LogP contribution >= 0.6 is 0 Å². The lowest BCUT2D eigenvalue weighted by Gasteiger charge is -2.05. The molecule has 0 aliphatic carbocycles. The highest BCUT2D eigenvalue weighted by atomic mass is 16.1. The van der Waals surface area contributed by atoms with Gasteiger partial charge in [-0.25, -0.2) is 4.98 Å². The minimum atomic E-state index is -0.468. The Balaban J connectivity index is 2.22. The van der Waals surface area contributed by atoms with Gasteiger partial charge in [-0.1, -0.05) is 24.3 Å². The van der Waals surface area contributed by atoms with Gasteiger partial charge in [0.2, 0.25) is 5.91 Å². The van der Waals surface area contributed by atoms with Crippen molar-refractivity contribution in [2.45, 2.75) is 0 Å². The highest BCUT2D eigenvalue weighted by Gasteiger charge is 2.07. The number of aromatic amines is 1. The molecule has 3 N–H and O–H groups in total. The quantitative estimate of drug-likeness (QED) is 0.739. The molecule has 5 heteroatoms. The van der Waals surface area contributed by atoms with E-state index in [1.807, 2.05) is 6.07 Å². The van der Waals surface area contributed by atoms with Gasteiger partial charge in [0.05, 0.1) is 17.2 Å². The van der Waals surface area contributed by atoms with E-state index in [1.54, 1.807) is 36.4 Å². The third-order valence-electron chi connectivity index (χ3n) is 3.15. The predicted molar refractivity (Wildman–Crippen MR) is 76.3 cm³/mol. The molecule has 0 radical (unpaired) electrons. The van der Waals surface area contributed by atoms with Crippen LogP contribution in [-0.4, -0.2) is 15.9 Å². The summed E-state index contributed by atoms with van der Waals surface area (Å²) in [6, 6.07) is 12.3. The molecule has 0 fully saturated rings. The number of benzene rings is 2. The molecule has 98 valence electrons. The van der Waals surface area contributed by atoms with E-state index in [4.69, 9.17) is 5.73 Å². The Bertz CT molecular complexity index is 851. The molecule has 0 spiro atoms. The first-order valence-corrected chi connectivity index (χ1v) is 6.03. The maximum Gasteiger partial charge on any atom is 0.258 e. The molecule has 0 aliphatic rings. The van der Waals surface area contributed by atoms with Gasteiger partial charge in [0, 0.05) is 11.1 Å². The van der Waals surface area contributed by atoms with Crippen molar-refractivity contribution in [2.24, 2.45) is 5.73 Å². The summed E-state index contributed by atoms with van der Waals surface area (Å²) in [6.07, 6.45) is 1.38. The van der Waals surface area contributed by atoms with Crippen molar-refractivity contribution in [1.29, 1.82) is 0 Å². The first kappa shape index (κ1) is 12.1. The van der Waals surface area contributed by atoms with Gasteiger partial charge in [-0.15, -0.1) is 0 Å². The number of para-hydroxylation sites is 1. The number of rotatable bonds is 2. The molecule has 0 atom stereocenters. The number of carbonyl (C=O) groups is 1. The largest absolute Gasteiger partial charge is 0.366 e. The summed E-state index contributed by atoms with van der Waals surface area (Å²) in [5.41, 5.74) is 7.82. The van der Waals surface area contributed by atoms with Gasteiger partial charge in [0.1, 0.15) is 0 Å². The maximum atomic E-state index is 11.7. The van der Waals surface area contributed by atoms with Crippen molar-refractivity contribution in [3.05, 3.63) is 64.7 Å². The Labute approximate surface area is 114 Å². The van der Waals surface area contributed by atoms with E-state index < -0.39 is 5.91 Å². The number of carbonyl (C=O) groups excluding carboxylic acids is 1. The first-order valence-electron chi connectivity index (χ1n) is 6.03. The summed E-state index contributed by atoms with van der Waals surface area (Å²) < 4.78 is 0. The number of nitrogens with zero attached hydrogens (tertiary/aromatic N) is 1. The molecule has 1 amide bonds. The van der Waals surface area contributed by atoms with Crippen molar-refractivity contribution in [1.82, 2.24) is 9.97 Å². The van der Waals surface area contributed by atoms with Crippen molar-refractivity contribution < 1.29 is 4.79 Å². The van der Waals surface area contributed by atoms with Gasteiger partial charge in [-0.3, -0.25) is 9.59 Å². The average molecular weight is 265 g/mol. The Morgan fingerprint density at radius 1 is 1.10 bits per heavy atom. The monoisotopic (exact) mass is 265 g/mol. The van der Waals surface area contributed by atoms with Crippen LogP contribution in [0.25, 0.3) is 22.0 Å². The fourth-order valence-corrected chi connectivity index (χ4v) is 2.15. The van der Waals surface area contributed by atoms with Crippen LogP contribution in [0.4, 0.5) is 0 Å². The molecular formula is C15H11N3O2. The second-order valence-corrected chi connectivity index (χ2v) is 4.38. The minimum absolute atomic E-state index is 0.175. The van der Waals surface area contributed by atoms with Gasteiger partial charge in [0.15, 0.2) is 0 Å². The standard InChI is InChI=1S/C15H11N3O2/c16-14(19)10-6-4-9(5-7-10)11-2-1-3-12-13(11)17-8-18-15(12)20/h1-8H,(H2,16,19)(H,17,18,20). The van der Waals surface area contributed by atoms with Gasteiger partial charge in [-0.05, 0) is 23.8 Å². The highest BCUT2D eigenvalue weighted by molar-refractivity contribution is 5.95. The predicted octanol–water partition coefficient (Wildman–Crippen LogP) is 1.69. The second-order valence-electron chi connectivity index (χ2n) is 4.38. The normalized spacial score (nSPS) is 10.6. The third-order valence-corrected chi connectivity index (χ3v) is 3.15. The number of fused-ring (bicyclic) bond motifs is 1. The van der Waals surface area contributed by atoms with E-state index in [-0.39, 0.29) is 5.56 Å². The molecule has 0 saturated heterocycles. The maximum absolute atomic E-state index is 11.7. The molecule has 1 aromatic heterocycles. The summed E-state index contributed by atoms with van der Waals surface area (Å²) >= 11 is 0.